The van der Waals surface area contributed by atoms with Crippen molar-refractivity contribution in [3.63, 3.8) is 0 Å². The molecule has 1 aromatic rings. The van der Waals surface area contributed by atoms with Crippen LogP contribution < -0.4 is 0 Å². The molecule has 0 aromatic heterocycles. The summed E-state index contributed by atoms with van der Waals surface area (Å²) in [5.41, 5.74) is -0.147. The number of nitro groups is 1. The molecule has 0 heterocycles. The monoisotopic (exact) mass is 283 g/mol. The van der Waals surface area contributed by atoms with Gasteiger partial charge in [-0.05, 0) is 13.0 Å². The maximum atomic E-state index is 12.2. The Morgan fingerprint density at radius 2 is 2.11 bits per heavy atom. The van der Waals surface area contributed by atoms with Gasteiger partial charge < -0.3 is 0 Å². The first-order valence-electron chi connectivity index (χ1n) is 5.39. The van der Waals surface area contributed by atoms with E-state index in [2.05, 4.69) is 0 Å². The minimum absolute atomic E-state index is 0.0426. The van der Waals surface area contributed by atoms with Crippen LogP contribution in [0.4, 0.5) is 5.69 Å². The Kier molecular flexibility index (Phi) is 4.58. The molecular weight excluding hydrogens is 270 g/mol. The lowest BCUT2D eigenvalue weighted by Crippen LogP contribution is -2.28. The Morgan fingerprint density at radius 1 is 1.47 bits per heavy atom. The number of sulfonamides is 1. The number of nitriles is 1. The maximum absolute atomic E-state index is 12.2. The number of hydrogen-bond donors (Lipinski definition) is 0. The lowest BCUT2D eigenvalue weighted by Gasteiger charge is -2.17. The second-order valence-corrected chi connectivity index (χ2v) is 5.91. The van der Waals surface area contributed by atoms with Gasteiger partial charge in [-0.2, -0.15) is 9.57 Å². The Morgan fingerprint density at radius 3 is 2.63 bits per heavy atom. The summed E-state index contributed by atoms with van der Waals surface area (Å²) in [5.74, 6) is 0. The summed E-state index contributed by atoms with van der Waals surface area (Å²) in [4.78, 5) is 10.1. The predicted molar refractivity (Wildman–Crippen MR) is 67.9 cm³/mol. The van der Waals surface area contributed by atoms with Crippen molar-refractivity contribution in [2.24, 2.45) is 0 Å². The fraction of sp³-hybridized carbons (Fsp3) is 0.364. The first kappa shape index (κ1) is 15.1. The second-order valence-electron chi connectivity index (χ2n) is 3.89. The van der Waals surface area contributed by atoms with Crippen LogP contribution in [0.5, 0.6) is 0 Å². The highest BCUT2D eigenvalue weighted by molar-refractivity contribution is 7.89. The van der Waals surface area contributed by atoms with Gasteiger partial charge in [-0.1, -0.05) is 6.07 Å². The van der Waals surface area contributed by atoms with Gasteiger partial charge in [-0.25, -0.2) is 8.42 Å². The largest absolute Gasteiger partial charge is 0.273 e. The predicted octanol–water partition coefficient (Wildman–Crippen LogP) is 1.44. The summed E-state index contributed by atoms with van der Waals surface area (Å²) >= 11 is 0. The van der Waals surface area contributed by atoms with E-state index in [-0.39, 0.29) is 29.1 Å². The molecule has 0 radical (unpaired) electrons. The zero-order valence-corrected chi connectivity index (χ0v) is 11.3. The van der Waals surface area contributed by atoms with E-state index in [9.17, 15) is 18.5 Å². The number of nitrogens with zero attached hydrogens (tertiary/aromatic N) is 3. The quantitative estimate of drug-likeness (QED) is 0.600. The molecule has 0 saturated carbocycles. The lowest BCUT2D eigenvalue weighted by atomic mass is 10.2. The van der Waals surface area contributed by atoms with E-state index in [0.717, 1.165) is 4.31 Å². The Labute approximate surface area is 111 Å². The van der Waals surface area contributed by atoms with E-state index in [1.54, 1.807) is 0 Å². The van der Waals surface area contributed by atoms with Gasteiger partial charge in [-0.15, -0.1) is 0 Å². The van der Waals surface area contributed by atoms with E-state index >= 15 is 0 Å². The molecule has 7 nitrogen and oxygen atoms in total. The van der Waals surface area contributed by atoms with Crippen LogP contribution in [-0.4, -0.2) is 31.2 Å². The Bertz CT molecular complexity index is 634. The van der Waals surface area contributed by atoms with Crippen molar-refractivity contribution in [2.45, 2.75) is 18.2 Å². The number of nitro benzene ring substituents is 1. The first-order valence-corrected chi connectivity index (χ1v) is 6.83. The second kappa shape index (κ2) is 5.77. The van der Waals surface area contributed by atoms with Crippen LogP contribution in [0.25, 0.3) is 0 Å². The Balaban J connectivity index is 3.27. The normalized spacial score (nSPS) is 11.3. The highest BCUT2D eigenvalue weighted by Crippen LogP contribution is 2.26. The SMILES string of the molecule is Cc1c([N+](=O)[O-])cccc1S(=O)(=O)N(C)CCC#N. The molecule has 1 rings (SSSR count). The molecule has 8 heteroatoms. The third kappa shape index (κ3) is 3.07. The summed E-state index contributed by atoms with van der Waals surface area (Å²) in [6, 6.07) is 5.76. The Hall–Kier alpha value is -1.98. The summed E-state index contributed by atoms with van der Waals surface area (Å²) in [6.07, 6.45) is 0.0592. The van der Waals surface area contributed by atoms with Gasteiger partial charge >= 0.3 is 0 Å². The van der Waals surface area contributed by atoms with Crippen LogP contribution in [0, 0.1) is 28.4 Å². The van der Waals surface area contributed by atoms with Gasteiger partial charge in [0.25, 0.3) is 5.69 Å². The maximum Gasteiger partial charge on any atom is 0.273 e. The van der Waals surface area contributed by atoms with Crippen LogP contribution >= 0.6 is 0 Å². The lowest BCUT2D eigenvalue weighted by molar-refractivity contribution is -0.385. The minimum Gasteiger partial charge on any atom is -0.258 e. The minimum atomic E-state index is -3.82. The van der Waals surface area contributed by atoms with Crippen molar-refractivity contribution in [1.82, 2.24) is 4.31 Å². The fourth-order valence-electron chi connectivity index (χ4n) is 1.58. The molecule has 0 atom stereocenters. The average molecular weight is 283 g/mol. The van der Waals surface area contributed by atoms with Crippen molar-refractivity contribution >= 4 is 15.7 Å². The molecule has 0 unspecified atom stereocenters. The molecule has 1 aromatic carbocycles. The van der Waals surface area contributed by atoms with Gasteiger partial charge in [-0.3, -0.25) is 10.1 Å². The van der Waals surface area contributed by atoms with E-state index in [1.807, 2.05) is 6.07 Å². The van der Waals surface area contributed by atoms with Crippen LogP contribution in [0.15, 0.2) is 23.1 Å². The molecule has 0 fully saturated rings. The third-order valence-corrected chi connectivity index (χ3v) is 4.68. The number of rotatable bonds is 5. The van der Waals surface area contributed by atoms with E-state index in [4.69, 9.17) is 5.26 Å². The summed E-state index contributed by atoms with van der Waals surface area (Å²) < 4.78 is 25.5. The van der Waals surface area contributed by atoms with E-state index in [1.165, 1.54) is 32.2 Å². The first-order chi connectivity index (χ1) is 8.82. The molecule has 0 bridgehead atoms. The van der Waals surface area contributed by atoms with Crippen LogP contribution in [0.3, 0.4) is 0 Å². The molecular formula is C11H13N3O4S. The van der Waals surface area contributed by atoms with E-state index < -0.39 is 14.9 Å². The van der Waals surface area contributed by atoms with Crippen molar-refractivity contribution in [3.8, 4) is 6.07 Å². The third-order valence-electron chi connectivity index (χ3n) is 2.68. The number of benzene rings is 1. The van der Waals surface area contributed by atoms with Crippen LogP contribution in [0.1, 0.15) is 12.0 Å². The van der Waals surface area contributed by atoms with Crippen molar-refractivity contribution in [3.05, 3.63) is 33.9 Å². The molecule has 0 aliphatic carbocycles. The zero-order valence-electron chi connectivity index (χ0n) is 10.5. The molecule has 0 amide bonds. The molecule has 0 spiro atoms. The van der Waals surface area contributed by atoms with E-state index in [0.29, 0.717) is 0 Å². The van der Waals surface area contributed by atoms with Gasteiger partial charge in [0, 0.05) is 31.6 Å². The van der Waals surface area contributed by atoms with Crippen molar-refractivity contribution in [2.75, 3.05) is 13.6 Å². The van der Waals surface area contributed by atoms with Crippen LogP contribution in [-0.2, 0) is 10.0 Å². The molecule has 102 valence electrons. The van der Waals surface area contributed by atoms with Gasteiger partial charge in [0.15, 0.2) is 0 Å². The molecule has 0 N–H and O–H groups in total. The highest BCUT2D eigenvalue weighted by atomic mass is 32.2. The summed E-state index contributed by atoms with van der Waals surface area (Å²) in [7, 11) is -2.48. The summed E-state index contributed by atoms with van der Waals surface area (Å²) in [6.45, 7) is 1.43. The highest BCUT2D eigenvalue weighted by Gasteiger charge is 2.26. The smallest absolute Gasteiger partial charge is 0.258 e. The standard InChI is InChI=1S/C11H13N3O4S/c1-9-10(14(15)16)5-3-6-11(9)19(17,18)13(2)8-4-7-12/h3,5-6H,4,8H2,1-2H3. The molecule has 0 saturated heterocycles. The van der Waals surface area contributed by atoms with Gasteiger partial charge in [0.05, 0.1) is 15.9 Å². The van der Waals surface area contributed by atoms with Gasteiger partial charge in [0.2, 0.25) is 10.0 Å². The van der Waals surface area contributed by atoms with Crippen molar-refractivity contribution < 1.29 is 13.3 Å². The van der Waals surface area contributed by atoms with Crippen molar-refractivity contribution in [1.29, 1.82) is 5.26 Å². The van der Waals surface area contributed by atoms with Crippen LogP contribution in [0.2, 0.25) is 0 Å². The molecule has 0 aliphatic rings. The fourth-order valence-corrected chi connectivity index (χ4v) is 2.99. The topological polar surface area (TPSA) is 104 Å². The average Bonchev–Trinajstić information content (AvgIpc) is 2.35. The number of hydrogen-bond acceptors (Lipinski definition) is 5. The van der Waals surface area contributed by atoms with Gasteiger partial charge in [0.1, 0.15) is 0 Å². The summed E-state index contributed by atoms with van der Waals surface area (Å²) in [5, 5.41) is 19.3. The molecule has 19 heavy (non-hydrogen) atoms. The molecule has 0 aliphatic heterocycles. The zero-order chi connectivity index (χ0) is 14.6.